The van der Waals surface area contributed by atoms with Gasteiger partial charge in [-0.2, -0.15) is 0 Å². The molecule has 6 rings (SSSR count). The smallest absolute Gasteiger partial charge is 0.264 e. The third kappa shape index (κ3) is 4.91. The summed E-state index contributed by atoms with van der Waals surface area (Å²) in [7, 11) is 1.67. The van der Waals surface area contributed by atoms with Crippen molar-refractivity contribution in [1.82, 2.24) is 20.3 Å². The molecular weight excluding hydrogens is 546 g/mol. The molecule has 43 heavy (non-hydrogen) atoms. The van der Waals surface area contributed by atoms with Crippen molar-refractivity contribution >= 4 is 28.9 Å². The third-order valence-electron chi connectivity index (χ3n) is 9.20. The van der Waals surface area contributed by atoms with Crippen molar-refractivity contribution in [2.45, 2.75) is 50.3 Å². The van der Waals surface area contributed by atoms with Crippen LogP contribution in [-0.2, 0) is 28.2 Å². The van der Waals surface area contributed by atoms with Gasteiger partial charge in [-0.05, 0) is 62.7 Å². The van der Waals surface area contributed by atoms with Crippen LogP contribution in [0.2, 0.25) is 0 Å². The van der Waals surface area contributed by atoms with Crippen LogP contribution in [0, 0.1) is 5.92 Å². The zero-order valence-electron chi connectivity index (χ0n) is 24.7. The Balaban J connectivity index is 1.26. The number of nitrogens with one attached hydrogen (secondary N) is 1. The number of carbonyl (C=O) groups is 2. The summed E-state index contributed by atoms with van der Waals surface area (Å²) in [4.78, 5) is 33.2. The lowest BCUT2D eigenvalue weighted by molar-refractivity contribution is -0.139. The van der Waals surface area contributed by atoms with Crippen molar-refractivity contribution in [3.8, 4) is 0 Å². The number of hydrogen-bond acceptors (Lipinski definition) is 8. The average Bonchev–Trinajstić information content (AvgIpc) is 3.65. The summed E-state index contributed by atoms with van der Waals surface area (Å²) in [5.74, 6) is -0.872. The number of amides is 2. The first-order valence-corrected chi connectivity index (χ1v) is 15.0. The minimum absolute atomic E-state index is 0.0237. The number of aromatic nitrogens is 3. The van der Waals surface area contributed by atoms with Gasteiger partial charge in [0.2, 0.25) is 0 Å². The maximum atomic E-state index is 14.2. The van der Waals surface area contributed by atoms with Crippen molar-refractivity contribution in [3.63, 3.8) is 0 Å². The number of aliphatic hydroxyl groups is 2. The molecular formula is C32H39N7O4. The van der Waals surface area contributed by atoms with Gasteiger partial charge in [-0.1, -0.05) is 42.5 Å². The third-order valence-corrected chi connectivity index (χ3v) is 9.20. The lowest BCUT2D eigenvalue weighted by Crippen LogP contribution is -2.55. The molecule has 226 valence electrons. The highest BCUT2D eigenvalue weighted by Gasteiger charge is 2.55. The quantitative estimate of drug-likeness (QED) is 0.326. The van der Waals surface area contributed by atoms with Gasteiger partial charge in [0.1, 0.15) is 5.54 Å². The maximum absolute atomic E-state index is 14.2. The van der Waals surface area contributed by atoms with Crippen LogP contribution in [0.5, 0.6) is 0 Å². The topological polar surface area (TPSA) is 127 Å². The van der Waals surface area contributed by atoms with Crippen LogP contribution in [0.4, 0.5) is 17.1 Å². The normalized spacial score (nSPS) is 22.3. The number of rotatable bonds is 9. The lowest BCUT2D eigenvalue weighted by Gasteiger charge is -2.39. The number of aryl methyl sites for hydroxylation is 1. The predicted molar refractivity (Wildman–Crippen MR) is 164 cm³/mol. The molecule has 0 unspecified atom stereocenters. The Kier molecular flexibility index (Phi) is 7.80. The molecule has 2 saturated heterocycles. The average molecular weight is 586 g/mol. The number of benzene rings is 2. The molecule has 0 radical (unpaired) electrons. The Bertz CT molecular complexity index is 1520. The molecule has 0 bridgehead atoms. The fourth-order valence-corrected chi connectivity index (χ4v) is 6.70. The molecule has 0 saturated carbocycles. The summed E-state index contributed by atoms with van der Waals surface area (Å²) >= 11 is 0. The molecule has 2 atom stereocenters. The summed E-state index contributed by atoms with van der Waals surface area (Å²) in [5.41, 5.74) is 1.13. The standard InChI is InChI=1S/C32H39N7O4/c1-23(8-6-7-18-37-21-24(13-19-40)34-35-37)32(43)27-20-26(11-12-28(27)36(2)30(32)42)38-22-39(25-9-4-3-5-10-25)31(29(38)41)14-16-33-17-15-31/h3-6,8-12,20-21,23,33,40,43H,7,13-19,22H2,1-2H3/b8-6+/t23-,32+/m0/s1. The number of allylic oxidation sites excluding steroid dienone is 1. The van der Waals surface area contributed by atoms with E-state index in [1.807, 2.05) is 67.6 Å². The fourth-order valence-electron chi connectivity index (χ4n) is 6.70. The molecule has 11 heteroatoms. The van der Waals surface area contributed by atoms with E-state index in [1.54, 1.807) is 22.8 Å². The van der Waals surface area contributed by atoms with Crippen molar-refractivity contribution in [1.29, 1.82) is 0 Å². The number of nitrogens with zero attached hydrogens (tertiary/aromatic N) is 6. The second kappa shape index (κ2) is 11.6. The number of piperidine rings is 1. The van der Waals surface area contributed by atoms with Crippen molar-refractivity contribution in [2.75, 3.05) is 48.1 Å². The zero-order valence-corrected chi connectivity index (χ0v) is 24.7. The van der Waals surface area contributed by atoms with Gasteiger partial charge in [0.15, 0.2) is 5.60 Å². The highest BCUT2D eigenvalue weighted by atomic mass is 16.3. The minimum atomic E-state index is -1.77. The number of likely N-dealkylation sites (N-methyl/N-ethyl adjacent to an activating group) is 1. The monoisotopic (exact) mass is 585 g/mol. The number of hydrogen-bond donors (Lipinski definition) is 3. The summed E-state index contributed by atoms with van der Waals surface area (Å²) < 4.78 is 1.71. The number of fused-ring (bicyclic) bond motifs is 1. The summed E-state index contributed by atoms with van der Waals surface area (Å²) in [6.45, 7) is 4.35. The SMILES string of the molecule is C[C@@H](/C=C/CCn1cc(CCO)nn1)[C@]1(O)C(=O)N(C)c2ccc(N3CN(c4ccccc4)C4(CCNCC4)C3=O)cc21. The van der Waals surface area contributed by atoms with E-state index >= 15 is 0 Å². The molecule has 4 heterocycles. The molecule has 3 aliphatic heterocycles. The second-order valence-electron chi connectivity index (χ2n) is 11.7. The lowest BCUT2D eigenvalue weighted by atomic mass is 9.82. The van der Waals surface area contributed by atoms with Gasteiger partial charge in [-0.15, -0.1) is 5.10 Å². The molecule has 1 spiro atoms. The first-order chi connectivity index (χ1) is 20.8. The van der Waals surface area contributed by atoms with Gasteiger partial charge >= 0.3 is 0 Å². The highest BCUT2D eigenvalue weighted by molar-refractivity contribution is 6.09. The van der Waals surface area contributed by atoms with E-state index in [0.717, 1.165) is 24.5 Å². The number of aliphatic hydroxyl groups excluding tert-OH is 1. The van der Waals surface area contributed by atoms with Crippen LogP contribution in [0.25, 0.3) is 0 Å². The van der Waals surface area contributed by atoms with Gasteiger partial charge in [0.25, 0.3) is 11.8 Å². The number of carbonyl (C=O) groups excluding carboxylic acids is 2. The van der Waals surface area contributed by atoms with Gasteiger partial charge < -0.3 is 25.3 Å². The summed E-state index contributed by atoms with van der Waals surface area (Å²) in [5, 5.41) is 32.6. The molecule has 3 aliphatic rings. The predicted octanol–water partition coefficient (Wildman–Crippen LogP) is 2.19. The highest BCUT2D eigenvalue weighted by Crippen LogP contribution is 2.47. The Labute approximate surface area is 251 Å². The largest absolute Gasteiger partial charge is 0.396 e. The Hall–Kier alpha value is -4.06. The van der Waals surface area contributed by atoms with Crippen LogP contribution < -0.4 is 20.0 Å². The molecule has 2 aromatic carbocycles. The van der Waals surface area contributed by atoms with Crippen LogP contribution in [0.15, 0.2) is 66.9 Å². The van der Waals surface area contributed by atoms with Crippen molar-refractivity contribution in [3.05, 3.63) is 78.1 Å². The van der Waals surface area contributed by atoms with Crippen LogP contribution >= 0.6 is 0 Å². The minimum Gasteiger partial charge on any atom is -0.396 e. The van der Waals surface area contributed by atoms with E-state index in [4.69, 9.17) is 5.11 Å². The maximum Gasteiger partial charge on any atom is 0.264 e. The van der Waals surface area contributed by atoms with Crippen LogP contribution in [0.3, 0.4) is 0 Å². The van der Waals surface area contributed by atoms with Crippen LogP contribution in [0.1, 0.15) is 37.4 Å². The molecule has 11 nitrogen and oxygen atoms in total. The van der Waals surface area contributed by atoms with E-state index in [9.17, 15) is 14.7 Å². The molecule has 3 N–H and O–H groups in total. The Morgan fingerprint density at radius 1 is 1.07 bits per heavy atom. The van der Waals surface area contributed by atoms with E-state index in [-0.39, 0.29) is 12.5 Å². The zero-order chi connectivity index (χ0) is 30.2. The summed E-state index contributed by atoms with van der Waals surface area (Å²) in [6.07, 6.45) is 8.10. The molecule has 2 amide bonds. The van der Waals surface area contributed by atoms with Gasteiger partial charge in [0.05, 0.1) is 18.1 Å². The first-order valence-electron chi connectivity index (χ1n) is 15.0. The first kappa shape index (κ1) is 29.0. The molecule has 3 aromatic rings. The summed E-state index contributed by atoms with van der Waals surface area (Å²) in [6, 6.07) is 15.6. The second-order valence-corrected chi connectivity index (χ2v) is 11.7. The molecule has 1 aromatic heterocycles. The number of para-hydroxylation sites is 1. The van der Waals surface area contributed by atoms with Crippen molar-refractivity contribution in [2.24, 2.45) is 5.92 Å². The van der Waals surface area contributed by atoms with E-state index in [1.165, 1.54) is 4.90 Å². The van der Waals surface area contributed by atoms with E-state index in [0.29, 0.717) is 55.8 Å². The van der Waals surface area contributed by atoms with Gasteiger partial charge in [-0.25, -0.2) is 0 Å². The van der Waals surface area contributed by atoms with Crippen LogP contribution in [-0.4, -0.2) is 76.0 Å². The fraction of sp³-hybridized carbons (Fsp3) is 0.438. The van der Waals surface area contributed by atoms with E-state index in [2.05, 4.69) is 20.5 Å². The molecule has 0 aliphatic carbocycles. The Morgan fingerprint density at radius 3 is 2.58 bits per heavy atom. The van der Waals surface area contributed by atoms with Gasteiger partial charge in [0, 0.05) is 55.7 Å². The van der Waals surface area contributed by atoms with Gasteiger partial charge in [-0.3, -0.25) is 19.2 Å². The number of anilines is 3. The Morgan fingerprint density at radius 2 is 1.84 bits per heavy atom. The van der Waals surface area contributed by atoms with E-state index < -0.39 is 23.0 Å². The van der Waals surface area contributed by atoms with Crippen molar-refractivity contribution < 1.29 is 19.8 Å². The molecule has 2 fully saturated rings.